The second-order valence-electron chi connectivity index (χ2n) is 7.43. The van der Waals surface area contributed by atoms with Gasteiger partial charge in [0.15, 0.2) is 0 Å². The molecule has 24 heavy (non-hydrogen) atoms. The summed E-state index contributed by atoms with van der Waals surface area (Å²) in [6.07, 6.45) is 12.0. The summed E-state index contributed by atoms with van der Waals surface area (Å²) in [6.45, 7) is 1.89. The molecule has 1 saturated carbocycles. The summed E-state index contributed by atoms with van der Waals surface area (Å²) in [4.78, 5) is 11.5. The lowest BCUT2D eigenvalue weighted by Gasteiger charge is -2.25. The highest BCUT2D eigenvalue weighted by Crippen LogP contribution is 2.42. The van der Waals surface area contributed by atoms with Crippen molar-refractivity contribution in [1.29, 1.82) is 0 Å². The maximum absolute atomic E-state index is 9.74. The van der Waals surface area contributed by atoms with E-state index in [9.17, 15) is 5.11 Å². The minimum Gasteiger partial charge on any atom is -0.474 e. The second-order valence-corrected chi connectivity index (χ2v) is 8.52. The maximum Gasteiger partial charge on any atom is 0.225 e. The summed E-state index contributed by atoms with van der Waals surface area (Å²) in [7, 11) is 0. The van der Waals surface area contributed by atoms with Crippen LogP contribution in [0.15, 0.2) is 6.33 Å². The zero-order valence-electron chi connectivity index (χ0n) is 14.3. The Morgan fingerprint density at radius 3 is 2.88 bits per heavy atom. The van der Waals surface area contributed by atoms with Gasteiger partial charge in [0.2, 0.25) is 5.88 Å². The largest absolute Gasteiger partial charge is 0.474 e. The molecule has 4 nitrogen and oxygen atoms in total. The molecule has 2 unspecified atom stereocenters. The fourth-order valence-electron chi connectivity index (χ4n) is 4.27. The number of aliphatic hydroxyl groups excluding tert-OH is 1. The number of aliphatic hydroxyl groups is 1. The lowest BCUT2D eigenvalue weighted by Crippen LogP contribution is -2.21. The van der Waals surface area contributed by atoms with Gasteiger partial charge >= 0.3 is 0 Å². The number of thiophene rings is 1. The summed E-state index contributed by atoms with van der Waals surface area (Å²) in [6, 6.07) is 0. The lowest BCUT2D eigenvalue weighted by atomic mass is 9.84. The molecule has 1 N–H and O–H groups in total. The Hall–Kier alpha value is -1.20. The summed E-state index contributed by atoms with van der Waals surface area (Å²) >= 11 is 1.80. The Morgan fingerprint density at radius 1 is 1.25 bits per heavy atom. The van der Waals surface area contributed by atoms with Crippen molar-refractivity contribution in [2.75, 3.05) is 0 Å². The van der Waals surface area contributed by atoms with Crippen LogP contribution in [0.1, 0.15) is 62.3 Å². The van der Waals surface area contributed by atoms with Crippen molar-refractivity contribution in [1.82, 2.24) is 9.97 Å². The normalized spacial score (nSPS) is 23.2. The molecular weight excluding hydrogens is 320 g/mol. The zero-order valence-corrected chi connectivity index (χ0v) is 15.1. The van der Waals surface area contributed by atoms with Gasteiger partial charge in [-0.1, -0.05) is 6.42 Å². The molecule has 0 radical (unpaired) electrons. The van der Waals surface area contributed by atoms with E-state index < -0.39 is 0 Å². The lowest BCUT2D eigenvalue weighted by molar-refractivity contribution is 0.150. The standard InChI is InChI=1S/C19H26N2O2S/c1-12(22)9-13-7-8-16-15(10-13)17-18(20-11-21-19(17)24-16)23-14-5-3-2-4-6-14/h11-14,22H,2-10H2,1H3. The second kappa shape index (κ2) is 6.96. The van der Waals surface area contributed by atoms with Crippen molar-refractivity contribution < 1.29 is 9.84 Å². The van der Waals surface area contributed by atoms with E-state index in [1.165, 1.54) is 29.7 Å². The molecule has 2 atom stereocenters. The number of rotatable bonds is 4. The minimum absolute atomic E-state index is 0.226. The molecule has 2 aliphatic rings. The van der Waals surface area contributed by atoms with E-state index in [0.717, 1.165) is 54.6 Å². The Balaban J connectivity index is 1.64. The Bertz CT molecular complexity index is 707. The molecule has 130 valence electrons. The van der Waals surface area contributed by atoms with E-state index in [1.807, 2.05) is 6.92 Å². The summed E-state index contributed by atoms with van der Waals surface area (Å²) < 4.78 is 6.32. The first-order valence-corrected chi connectivity index (χ1v) is 10.1. The highest BCUT2D eigenvalue weighted by molar-refractivity contribution is 7.18. The molecule has 4 rings (SSSR count). The van der Waals surface area contributed by atoms with Crippen molar-refractivity contribution in [3.05, 3.63) is 16.8 Å². The van der Waals surface area contributed by atoms with Crippen LogP contribution in [0.25, 0.3) is 10.2 Å². The van der Waals surface area contributed by atoms with E-state index in [4.69, 9.17) is 4.74 Å². The van der Waals surface area contributed by atoms with Crippen molar-refractivity contribution in [3.63, 3.8) is 0 Å². The first-order valence-electron chi connectivity index (χ1n) is 9.30. The highest BCUT2D eigenvalue weighted by atomic mass is 32.1. The third-order valence-electron chi connectivity index (χ3n) is 5.41. The average molecular weight is 346 g/mol. The number of fused-ring (bicyclic) bond motifs is 3. The predicted octanol–water partition coefficient (Wildman–Crippen LogP) is 4.28. The smallest absolute Gasteiger partial charge is 0.225 e. The molecule has 1 fully saturated rings. The summed E-state index contributed by atoms with van der Waals surface area (Å²) in [5.41, 5.74) is 1.39. The summed E-state index contributed by atoms with van der Waals surface area (Å²) in [5.74, 6) is 1.35. The van der Waals surface area contributed by atoms with Gasteiger partial charge in [0.05, 0.1) is 11.5 Å². The third-order valence-corrected chi connectivity index (χ3v) is 6.61. The Morgan fingerprint density at radius 2 is 2.08 bits per heavy atom. The van der Waals surface area contributed by atoms with E-state index in [2.05, 4.69) is 9.97 Å². The van der Waals surface area contributed by atoms with Crippen LogP contribution in [-0.4, -0.2) is 27.3 Å². The van der Waals surface area contributed by atoms with Crippen molar-refractivity contribution >= 4 is 21.6 Å². The quantitative estimate of drug-likeness (QED) is 0.898. The van der Waals surface area contributed by atoms with Gasteiger partial charge in [-0.15, -0.1) is 11.3 Å². The first kappa shape index (κ1) is 16.3. The van der Waals surface area contributed by atoms with Crippen molar-refractivity contribution in [2.45, 2.75) is 76.9 Å². The minimum atomic E-state index is -0.226. The number of nitrogens with zero attached hydrogens (tertiary/aromatic N) is 2. The third kappa shape index (κ3) is 3.29. The van der Waals surface area contributed by atoms with Gasteiger partial charge in [-0.2, -0.15) is 0 Å². The zero-order chi connectivity index (χ0) is 16.5. The number of hydrogen-bond donors (Lipinski definition) is 1. The molecule has 0 bridgehead atoms. The van der Waals surface area contributed by atoms with E-state index >= 15 is 0 Å². The molecule has 0 amide bonds. The van der Waals surface area contributed by atoms with Crippen LogP contribution in [0.5, 0.6) is 5.88 Å². The van der Waals surface area contributed by atoms with E-state index in [1.54, 1.807) is 17.7 Å². The molecule has 2 aromatic rings. The van der Waals surface area contributed by atoms with Gasteiger partial charge in [0.25, 0.3) is 0 Å². The molecule has 0 saturated heterocycles. The number of aromatic nitrogens is 2. The van der Waals surface area contributed by atoms with Crippen molar-refractivity contribution in [2.24, 2.45) is 5.92 Å². The van der Waals surface area contributed by atoms with Gasteiger partial charge in [-0.3, -0.25) is 0 Å². The SMILES string of the molecule is CC(O)CC1CCc2sc3ncnc(OC4CCCCC4)c3c2C1. The van der Waals surface area contributed by atoms with Crippen LogP contribution in [0.2, 0.25) is 0 Å². The van der Waals surface area contributed by atoms with Crippen LogP contribution in [-0.2, 0) is 12.8 Å². The molecule has 2 aliphatic carbocycles. The monoisotopic (exact) mass is 346 g/mol. The number of aryl methyl sites for hydroxylation is 1. The van der Waals surface area contributed by atoms with Gasteiger partial charge < -0.3 is 9.84 Å². The predicted molar refractivity (Wildman–Crippen MR) is 96.7 cm³/mol. The van der Waals surface area contributed by atoms with Gasteiger partial charge in [0, 0.05) is 4.88 Å². The molecule has 2 heterocycles. The van der Waals surface area contributed by atoms with Crippen LogP contribution < -0.4 is 4.74 Å². The van der Waals surface area contributed by atoms with Crippen LogP contribution in [0.4, 0.5) is 0 Å². The van der Waals surface area contributed by atoms with E-state index in [0.29, 0.717) is 12.0 Å². The summed E-state index contributed by atoms with van der Waals surface area (Å²) in [5, 5.41) is 10.9. The maximum atomic E-state index is 9.74. The fourth-order valence-corrected chi connectivity index (χ4v) is 5.44. The molecular formula is C19H26N2O2S. The highest BCUT2D eigenvalue weighted by Gasteiger charge is 2.27. The van der Waals surface area contributed by atoms with Crippen LogP contribution >= 0.6 is 11.3 Å². The molecule has 2 aromatic heterocycles. The molecule has 5 heteroatoms. The molecule has 0 aliphatic heterocycles. The fraction of sp³-hybridized carbons (Fsp3) is 0.684. The van der Waals surface area contributed by atoms with Crippen molar-refractivity contribution in [3.8, 4) is 5.88 Å². The Kier molecular flexibility index (Phi) is 4.72. The average Bonchev–Trinajstić information content (AvgIpc) is 2.94. The van der Waals surface area contributed by atoms with Crippen LogP contribution in [0, 0.1) is 5.92 Å². The first-order chi connectivity index (χ1) is 11.7. The van der Waals surface area contributed by atoms with Gasteiger partial charge in [-0.25, -0.2) is 9.97 Å². The molecule has 0 aromatic carbocycles. The molecule has 0 spiro atoms. The van der Waals surface area contributed by atoms with E-state index in [-0.39, 0.29) is 6.10 Å². The van der Waals surface area contributed by atoms with Crippen LogP contribution in [0.3, 0.4) is 0 Å². The number of ether oxygens (including phenoxy) is 1. The number of hydrogen-bond acceptors (Lipinski definition) is 5. The van der Waals surface area contributed by atoms with Gasteiger partial charge in [0.1, 0.15) is 17.3 Å². The van der Waals surface area contributed by atoms with Gasteiger partial charge in [-0.05, 0) is 69.8 Å². The topological polar surface area (TPSA) is 55.2 Å². The Labute approximate surface area is 147 Å².